The summed E-state index contributed by atoms with van der Waals surface area (Å²) in [6.45, 7) is 0.475. The van der Waals surface area contributed by atoms with Crippen LogP contribution in [0, 0.1) is 0 Å². The maximum atomic E-state index is 8.14. The molecule has 0 fully saturated rings. The van der Waals surface area contributed by atoms with Gasteiger partial charge in [0.15, 0.2) is 0 Å². The molecule has 0 radical (unpaired) electrons. The number of halogens is 1. The van der Waals surface area contributed by atoms with E-state index >= 15 is 0 Å². The Morgan fingerprint density at radius 1 is 1.39 bits per heavy atom. The molecular formula is C13H11ClN4. The van der Waals surface area contributed by atoms with Gasteiger partial charge in [-0.25, -0.2) is 0 Å². The molecule has 0 aliphatic carbocycles. The maximum absolute atomic E-state index is 8.14. The summed E-state index contributed by atoms with van der Waals surface area (Å²) < 4.78 is 0. The van der Waals surface area contributed by atoms with E-state index in [1.165, 1.54) is 0 Å². The van der Waals surface area contributed by atoms with Crippen LogP contribution in [-0.4, -0.2) is 11.5 Å². The highest BCUT2D eigenvalue weighted by atomic mass is 35.5. The van der Waals surface area contributed by atoms with Crippen LogP contribution in [0.1, 0.15) is 12.0 Å². The lowest BCUT2D eigenvalue weighted by Gasteiger charge is -2.00. The SMILES string of the molecule is [N-]=[N+]=NCCC=Cc1ccc2nccc(Cl)c2c1. The molecule has 0 bridgehead atoms. The first-order valence-electron chi connectivity index (χ1n) is 5.53. The highest BCUT2D eigenvalue weighted by Gasteiger charge is 1.99. The van der Waals surface area contributed by atoms with Gasteiger partial charge in [0.1, 0.15) is 0 Å². The summed E-state index contributed by atoms with van der Waals surface area (Å²) in [5.74, 6) is 0. The molecule has 1 aromatic carbocycles. The molecule has 2 aromatic rings. The maximum Gasteiger partial charge on any atom is 0.0717 e. The van der Waals surface area contributed by atoms with E-state index in [0.29, 0.717) is 11.6 Å². The lowest BCUT2D eigenvalue weighted by atomic mass is 10.1. The Morgan fingerprint density at radius 2 is 2.28 bits per heavy atom. The second kappa shape index (κ2) is 6.05. The van der Waals surface area contributed by atoms with Crippen molar-refractivity contribution < 1.29 is 0 Å². The molecule has 5 heteroatoms. The quantitative estimate of drug-likeness (QED) is 0.342. The first-order chi connectivity index (χ1) is 8.81. The van der Waals surface area contributed by atoms with Crippen molar-refractivity contribution >= 4 is 28.6 Å². The van der Waals surface area contributed by atoms with Gasteiger partial charge in [0.25, 0.3) is 0 Å². The standard InChI is InChI=1S/C13H11ClN4/c14-12-6-8-16-13-5-4-10(9-11(12)13)3-1-2-7-17-18-15/h1,3-6,8-9H,2,7H2. The van der Waals surface area contributed by atoms with Crippen LogP contribution in [0.4, 0.5) is 0 Å². The zero-order valence-corrected chi connectivity index (χ0v) is 10.4. The number of nitrogens with zero attached hydrogens (tertiary/aromatic N) is 4. The minimum atomic E-state index is 0.475. The van der Waals surface area contributed by atoms with Crippen molar-refractivity contribution in [3.05, 3.63) is 57.6 Å². The first-order valence-corrected chi connectivity index (χ1v) is 5.91. The molecule has 0 amide bonds. The van der Waals surface area contributed by atoms with Crippen LogP contribution in [0.3, 0.4) is 0 Å². The molecule has 18 heavy (non-hydrogen) atoms. The molecule has 0 atom stereocenters. The molecule has 1 heterocycles. The Hall–Kier alpha value is -2.03. The number of aromatic nitrogens is 1. The summed E-state index contributed by atoms with van der Waals surface area (Å²) in [6, 6.07) is 7.69. The van der Waals surface area contributed by atoms with Gasteiger partial charge in [-0.3, -0.25) is 4.98 Å². The third-order valence-electron chi connectivity index (χ3n) is 2.48. The molecule has 4 nitrogen and oxygen atoms in total. The molecule has 90 valence electrons. The predicted octanol–water partition coefficient (Wildman–Crippen LogP) is 4.60. The predicted molar refractivity (Wildman–Crippen MR) is 74.4 cm³/mol. The summed E-state index contributed by atoms with van der Waals surface area (Å²) in [7, 11) is 0. The fourth-order valence-corrected chi connectivity index (χ4v) is 1.84. The molecule has 2 rings (SSSR count). The molecule has 0 aliphatic rings. The highest BCUT2D eigenvalue weighted by Crippen LogP contribution is 2.22. The Morgan fingerprint density at radius 3 is 3.11 bits per heavy atom. The number of hydrogen-bond donors (Lipinski definition) is 0. The van der Waals surface area contributed by atoms with E-state index < -0.39 is 0 Å². The van der Waals surface area contributed by atoms with Crippen LogP contribution in [0.2, 0.25) is 5.02 Å². The smallest absolute Gasteiger partial charge is 0.0717 e. The number of rotatable bonds is 4. The monoisotopic (exact) mass is 258 g/mol. The minimum absolute atomic E-state index is 0.475. The van der Waals surface area contributed by atoms with Gasteiger partial charge in [0.05, 0.1) is 10.5 Å². The van der Waals surface area contributed by atoms with E-state index in [-0.39, 0.29) is 0 Å². The second-order valence-electron chi connectivity index (χ2n) is 3.71. The van der Waals surface area contributed by atoms with E-state index in [9.17, 15) is 0 Å². The van der Waals surface area contributed by atoms with Crippen molar-refractivity contribution in [2.75, 3.05) is 6.54 Å². The summed E-state index contributed by atoms with van der Waals surface area (Å²) >= 11 is 6.11. The topological polar surface area (TPSA) is 61.7 Å². The van der Waals surface area contributed by atoms with Crippen LogP contribution < -0.4 is 0 Å². The molecule has 1 aromatic heterocycles. The normalized spacial score (nSPS) is 10.7. The Kier molecular flexibility index (Phi) is 4.18. The van der Waals surface area contributed by atoms with E-state index in [0.717, 1.165) is 22.9 Å². The fraction of sp³-hybridized carbons (Fsp3) is 0.154. The summed E-state index contributed by atoms with van der Waals surface area (Å²) in [4.78, 5) is 6.94. The van der Waals surface area contributed by atoms with Gasteiger partial charge < -0.3 is 0 Å². The van der Waals surface area contributed by atoms with Gasteiger partial charge in [0.2, 0.25) is 0 Å². The van der Waals surface area contributed by atoms with Crippen molar-refractivity contribution in [3.8, 4) is 0 Å². The summed E-state index contributed by atoms with van der Waals surface area (Å²) in [5, 5.41) is 5.10. The Balaban J connectivity index is 2.19. The van der Waals surface area contributed by atoms with Crippen LogP contribution in [0.15, 0.2) is 41.7 Å². The highest BCUT2D eigenvalue weighted by molar-refractivity contribution is 6.35. The summed E-state index contributed by atoms with van der Waals surface area (Å²) in [5.41, 5.74) is 10.1. The van der Waals surface area contributed by atoms with E-state index in [1.54, 1.807) is 12.3 Å². The van der Waals surface area contributed by atoms with Crippen molar-refractivity contribution in [3.63, 3.8) is 0 Å². The van der Waals surface area contributed by atoms with Gasteiger partial charge in [0, 0.05) is 23.0 Å². The lowest BCUT2D eigenvalue weighted by Crippen LogP contribution is -1.81. The van der Waals surface area contributed by atoms with E-state index in [4.69, 9.17) is 17.1 Å². The largest absolute Gasteiger partial charge is 0.256 e. The zero-order chi connectivity index (χ0) is 12.8. The van der Waals surface area contributed by atoms with Gasteiger partial charge in [-0.1, -0.05) is 34.9 Å². The molecule has 0 aliphatic heterocycles. The number of benzene rings is 1. The Labute approximate surface area is 110 Å². The molecule has 0 N–H and O–H groups in total. The first kappa shape index (κ1) is 12.4. The van der Waals surface area contributed by atoms with Gasteiger partial charge in [-0.15, -0.1) is 0 Å². The van der Waals surface area contributed by atoms with Crippen LogP contribution in [0.25, 0.3) is 27.4 Å². The van der Waals surface area contributed by atoms with E-state index in [2.05, 4.69) is 15.0 Å². The lowest BCUT2D eigenvalue weighted by molar-refractivity contribution is 0.996. The second-order valence-corrected chi connectivity index (χ2v) is 4.12. The van der Waals surface area contributed by atoms with Gasteiger partial charge in [-0.2, -0.15) is 0 Å². The number of pyridine rings is 1. The van der Waals surface area contributed by atoms with Crippen molar-refractivity contribution in [1.82, 2.24) is 4.98 Å². The molecule has 0 spiro atoms. The fourth-order valence-electron chi connectivity index (χ4n) is 1.63. The average Bonchev–Trinajstić information content (AvgIpc) is 2.39. The van der Waals surface area contributed by atoms with Crippen LogP contribution in [0.5, 0.6) is 0 Å². The molecular weight excluding hydrogens is 248 g/mol. The minimum Gasteiger partial charge on any atom is -0.256 e. The van der Waals surface area contributed by atoms with Crippen molar-refractivity contribution in [2.24, 2.45) is 5.11 Å². The number of azide groups is 1. The zero-order valence-electron chi connectivity index (χ0n) is 9.62. The van der Waals surface area contributed by atoms with Gasteiger partial charge in [-0.05, 0) is 35.7 Å². The number of hydrogen-bond acceptors (Lipinski definition) is 2. The van der Waals surface area contributed by atoms with Crippen LogP contribution >= 0.6 is 11.6 Å². The average molecular weight is 259 g/mol. The van der Waals surface area contributed by atoms with E-state index in [1.807, 2.05) is 30.4 Å². The van der Waals surface area contributed by atoms with Crippen molar-refractivity contribution in [2.45, 2.75) is 6.42 Å². The van der Waals surface area contributed by atoms with Gasteiger partial charge >= 0.3 is 0 Å². The third-order valence-corrected chi connectivity index (χ3v) is 2.81. The summed E-state index contributed by atoms with van der Waals surface area (Å²) in [6.07, 6.45) is 6.37. The number of fused-ring (bicyclic) bond motifs is 1. The van der Waals surface area contributed by atoms with Crippen LogP contribution in [-0.2, 0) is 0 Å². The molecule has 0 saturated heterocycles. The molecule has 0 saturated carbocycles. The van der Waals surface area contributed by atoms with Crippen molar-refractivity contribution in [1.29, 1.82) is 0 Å². The Bertz CT molecular complexity index is 630. The third kappa shape index (κ3) is 3.00. The molecule has 0 unspecified atom stereocenters.